The van der Waals surface area contributed by atoms with Gasteiger partial charge in [-0.15, -0.1) is 0 Å². The van der Waals surface area contributed by atoms with Crippen LogP contribution in [0, 0.1) is 0 Å². The fourth-order valence-corrected chi connectivity index (χ4v) is 2.82. The first kappa shape index (κ1) is 19.4. The first-order chi connectivity index (χ1) is 12.1. The Balaban J connectivity index is 1.96. The van der Waals surface area contributed by atoms with Crippen molar-refractivity contribution < 1.29 is 9.53 Å². The van der Waals surface area contributed by atoms with Gasteiger partial charge in [0.2, 0.25) is 0 Å². The molecule has 0 atom stereocenters. The largest absolute Gasteiger partial charge is 0.493 e. The average molecular weight is 421 g/mol. The lowest BCUT2D eigenvalue weighted by Crippen LogP contribution is -2.34. The highest BCUT2D eigenvalue weighted by Crippen LogP contribution is 2.19. The highest BCUT2D eigenvalue weighted by molar-refractivity contribution is 9.10. The number of halogens is 1. The number of carbonyl (C=O) groups is 1. The van der Waals surface area contributed by atoms with E-state index >= 15 is 0 Å². The molecular weight excluding hydrogens is 400 g/mol. The zero-order valence-electron chi connectivity index (χ0n) is 14.0. The van der Waals surface area contributed by atoms with Crippen LogP contribution in [0.4, 0.5) is 5.69 Å². The fourth-order valence-electron chi connectivity index (χ4n) is 2.21. The maximum atomic E-state index is 12.5. The number of hydrogen-bond acceptors (Lipinski definition) is 3. The van der Waals surface area contributed by atoms with Crippen molar-refractivity contribution in [2.45, 2.75) is 26.2 Å². The molecule has 2 aromatic rings. The van der Waals surface area contributed by atoms with Crippen molar-refractivity contribution in [1.82, 2.24) is 5.32 Å². The maximum absolute atomic E-state index is 12.5. The number of amides is 1. The molecule has 0 aliphatic rings. The van der Waals surface area contributed by atoms with Crippen LogP contribution in [0.1, 0.15) is 36.5 Å². The molecule has 0 unspecified atom stereocenters. The number of hydrogen-bond donors (Lipinski definition) is 2. The Bertz CT molecular complexity index is 737. The Morgan fingerprint density at radius 1 is 1.16 bits per heavy atom. The molecule has 4 nitrogen and oxygen atoms in total. The summed E-state index contributed by atoms with van der Waals surface area (Å²) in [6.45, 7) is 2.74. The third-order valence-electron chi connectivity index (χ3n) is 3.45. The molecule has 0 saturated heterocycles. The number of ether oxygens (including phenoxy) is 1. The second kappa shape index (κ2) is 10.2. The number of thiocarbonyl (C=S) groups is 1. The predicted molar refractivity (Wildman–Crippen MR) is 109 cm³/mol. The summed E-state index contributed by atoms with van der Waals surface area (Å²) in [5.41, 5.74) is 1.26. The molecule has 25 heavy (non-hydrogen) atoms. The topological polar surface area (TPSA) is 50.4 Å². The molecule has 0 bridgehead atoms. The van der Waals surface area contributed by atoms with E-state index in [-0.39, 0.29) is 11.0 Å². The van der Waals surface area contributed by atoms with Crippen LogP contribution in [0.15, 0.2) is 53.0 Å². The van der Waals surface area contributed by atoms with E-state index in [0.29, 0.717) is 17.9 Å². The van der Waals surface area contributed by atoms with Gasteiger partial charge in [0.1, 0.15) is 5.75 Å². The lowest BCUT2D eigenvalue weighted by atomic mass is 10.2. The second-order valence-corrected chi connectivity index (χ2v) is 6.79. The summed E-state index contributed by atoms with van der Waals surface area (Å²) in [6.07, 6.45) is 3.20. The molecule has 0 aliphatic heterocycles. The van der Waals surface area contributed by atoms with Gasteiger partial charge < -0.3 is 10.1 Å². The van der Waals surface area contributed by atoms with Gasteiger partial charge in [-0.1, -0.05) is 53.9 Å². The van der Waals surface area contributed by atoms with Crippen molar-refractivity contribution >= 4 is 44.9 Å². The molecule has 6 heteroatoms. The molecule has 2 N–H and O–H groups in total. The maximum Gasteiger partial charge on any atom is 0.261 e. The molecule has 0 heterocycles. The van der Waals surface area contributed by atoms with Gasteiger partial charge in [-0.25, -0.2) is 0 Å². The van der Waals surface area contributed by atoms with Gasteiger partial charge in [0.25, 0.3) is 5.91 Å². The highest BCUT2D eigenvalue weighted by atomic mass is 79.9. The summed E-state index contributed by atoms with van der Waals surface area (Å²) in [5.74, 6) is 0.278. The summed E-state index contributed by atoms with van der Waals surface area (Å²) >= 11 is 8.62. The predicted octanol–water partition coefficient (Wildman–Crippen LogP) is 5.14. The smallest absolute Gasteiger partial charge is 0.261 e. The second-order valence-electron chi connectivity index (χ2n) is 5.47. The van der Waals surface area contributed by atoms with Gasteiger partial charge in [-0.3, -0.25) is 10.1 Å². The van der Waals surface area contributed by atoms with Crippen molar-refractivity contribution in [2.75, 3.05) is 11.9 Å². The highest BCUT2D eigenvalue weighted by Gasteiger charge is 2.13. The fraction of sp³-hybridized carbons (Fsp3) is 0.263. The van der Waals surface area contributed by atoms with Gasteiger partial charge in [-0.05, 0) is 49.0 Å². The molecule has 1 amide bonds. The Morgan fingerprint density at radius 2 is 1.96 bits per heavy atom. The summed E-state index contributed by atoms with van der Waals surface area (Å²) in [4.78, 5) is 12.5. The average Bonchev–Trinajstić information content (AvgIpc) is 2.59. The zero-order valence-corrected chi connectivity index (χ0v) is 16.5. The molecule has 132 valence electrons. The van der Waals surface area contributed by atoms with Gasteiger partial charge in [0.15, 0.2) is 5.11 Å². The molecule has 0 aromatic heterocycles. The zero-order chi connectivity index (χ0) is 18.1. The van der Waals surface area contributed by atoms with Gasteiger partial charge in [-0.2, -0.15) is 0 Å². The quantitative estimate of drug-likeness (QED) is 0.480. The van der Waals surface area contributed by atoms with Gasteiger partial charge in [0.05, 0.1) is 12.2 Å². The molecule has 0 aliphatic carbocycles. The molecule has 0 saturated carbocycles. The van der Waals surface area contributed by atoms with E-state index in [9.17, 15) is 4.79 Å². The summed E-state index contributed by atoms with van der Waals surface area (Å²) in [5, 5.41) is 5.92. The van der Waals surface area contributed by atoms with E-state index < -0.39 is 0 Å². The van der Waals surface area contributed by atoms with E-state index in [1.807, 2.05) is 30.3 Å². The van der Waals surface area contributed by atoms with Gasteiger partial charge >= 0.3 is 0 Å². The monoisotopic (exact) mass is 420 g/mol. The van der Waals surface area contributed by atoms with Crippen LogP contribution in [0.5, 0.6) is 5.75 Å². The summed E-state index contributed by atoms with van der Waals surface area (Å²) in [6, 6.07) is 14.7. The van der Waals surface area contributed by atoms with Crippen LogP contribution in [0.3, 0.4) is 0 Å². The molecule has 2 aromatic carbocycles. The number of rotatable bonds is 7. The lowest BCUT2D eigenvalue weighted by molar-refractivity contribution is 0.0973. The van der Waals surface area contributed by atoms with Crippen molar-refractivity contribution in [3.63, 3.8) is 0 Å². The standard InChI is InChI=1S/C19H21BrN2O2S/c1-2-3-6-12-24-17-11-5-4-10-16(17)18(23)22-19(25)21-15-9-7-8-14(20)13-15/h4-5,7-11,13H,2-3,6,12H2,1H3,(H2,21,22,23,25). The number of unbranched alkanes of at least 4 members (excludes halogenated alkanes) is 2. The number of benzene rings is 2. The third-order valence-corrected chi connectivity index (χ3v) is 4.14. The van der Waals surface area contributed by atoms with Crippen LogP contribution in [0.2, 0.25) is 0 Å². The minimum atomic E-state index is -0.293. The lowest BCUT2D eigenvalue weighted by Gasteiger charge is -2.13. The van der Waals surface area contributed by atoms with Crippen LogP contribution < -0.4 is 15.4 Å². The Labute approximate surface area is 162 Å². The van der Waals surface area contributed by atoms with E-state index in [4.69, 9.17) is 17.0 Å². The summed E-state index contributed by atoms with van der Waals surface area (Å²) in [7, 11) is 0. The first-order valence-electron chi connectivity index (χ1n) is 8.20. The Kier molecular flexibility index (Phi) is 7.88. The molecule has 2 rings (SSSR count). The number of para-hydroxylation sites is 1. The van der Waals surface area contributed by atoms with E-state index in [0.717, 1.165) is 29.4 Å². The SMILES string of the molecule is CCCCCOc1ccccc1C(=O)NC(=S)Nc1cccc(Br)c1. The van der Waals surface area contributed by atoms with Gasteiger partial charge in [0, 0.05) is 10.2 Å². The number of anilines is 1. The molecule has 0 spiro atoms. The minimum Gasteiger partial charge on any atom is -0.493 e. The molecular formula is C19H21BrN2O2S. The van der Waals surface area contributed by atoms with Crippen molar-refractivity contribution in [2.24, 2.45) is 0 Å². The Hall–Kier alpha value is -1.92. The molecule has 0 fully saturated rings. The van der Waals surface area contributed by atoms with Crippen LogP contribution in [0.25, 0.3) is 0 Å². The first-order valence-corrected chi connectivity index (χ1v) is 9.40. The van der Waals surface area contributed by atoms with E-state index in [2.05, 4.69) is 33.5 Å². The normalized spacial score (nSPS) is 10.2. The number of nitrogens with one attached hydrogen (secondary N) is 2. The Morgan fingerprint density at radius 3 is 2.72 bits per heavy atom. The minimum absolute atomic E-state index is 0.240. The number of carbonyl (C=O) groups excluding carboxylic acids is 1. The summed E-state index contributed by atoms with van der Waals surface area (Å²) < 4.78 is 6.67. The van der Waals surface area contributed by atoms with Crippen LogP contribution >= 0.6 is 28.1 Å². The van der Waals surface area contributed by atoms with Crippen LogP contribution in [-0.2, 0) is 0 Å². The molecule has 0 radical (unpaired) electrons. The van der Waals surface area contributed by atoms with E-state index in [1.54, 1.807) is 18.2 Å². The third kappa shape index (κ3) is 6.48. The van der Waals surface area contributed by atoms with Crippen molar-refractivity contribution in [3.8, 4) is 5.75 Å². The van der Waals surface area contributed by atoms with Crippen molar-refractivity contribution in [1.29, 1.82) is 0 Å². The van der Waals surface area contributed by atoms with E-state index in [1.165, 1.54) is 0 Å². The van der Waals surface area contributed by atoms with Crippen LogP contribution in [-0.4, -0.2) is 17.6 Å². The van der Waals surface area contributed by atoms with Crippen molar-refractivity contribution in [3.05, 3.63) is 58.6 Å².